The van der Waals surface area contributed by atoms with Gasteiger partial charge < -0.3 is 16.0 Å². The molecule has 1 saturated heterocycles. The minimum Gasteiger partial charge on any atom is -0.399 e. The Bertz CT molecular complexity index is 756. The van der Waals surface area contributed by atoms with E-state index < -0.39 is 0 Å². The fraction of sp³-hybridized carbons (Fsp3) is 0.263. The lowest BCUT2D eigenvalue weighted by molar-refractivity contribution is -0.130. The first-order valence-corrected chi connectivity index (χ1v) is 9.38. The average molecular weight is 355 g/mol. The minimum absolute atomic E-state index is 0.164. The molecule has 0 unspecified atom stereocenters. The first-order chi connectivity index (χ1) is 12.1. The zero-order valence-corrected chi connectivity index (χ0v) is 14.7. The first-order valence-electron chi connectivity index (χ1n) is 8.23. The number of thioether (sulfide) groups is 1. The number of carbonyl (C=O) groups is 2. The van der Waals surface area contributed by atoms with Crippen LogP contribution in [0.2, 0.25) is 0 Å². The van der Waals surface area contributed by atoms with Crippen LogP contribution in [0.1, 0.15) is 15.9 Å². The van der Waals surface area contributed by atoms with Crippen LogP contribution in [0.25, 0.3) is 0 Å². The number of hydrogen-bond acceptors (Lipinski definition) is 4. The molecule has 1 fully saturated rings. The maximum absolute atomic E-state index is 12.3. The molecule has 6 heteroatoms. The standard InChI is InChI=1S/C19H21N3O2S/c20-16-3-1-2-15(13-16)19(24)21-17-6-4-14(5-7-17)12-18(23)22-8-10-25-11-9-22/h1-7,13H,8-12,20H2,(H,21,24). The van der Waals surface area contributed by atoms with Crippen LogP contribution >= 0.6 is 11.8 Å². The monoisotopic (exact) mass is 355 g/mol. The Hall–Kier alpha value is -2.47. The maximum Gasteiger partial charge on any atom is 0.255 e. The van der Waals surface area contributed by atoms with E-state index in [9.17, 15) is 9.59 Å². The first kappa shape index (κ1) is 17.4. The summed E-state index contributed by atoms with van der Waals surface area (Å²) in [6.45, 7) is 1.66. The molecule has 1 aliphatic heterocycles. The van der Waals surface area contributed by atoms with Crippen molar-refractivity contribution in [1.82, 2.24) is 4.90 Å². The van der Waals surface area contributed by atoms with Gasteiger partial charge in [-0.2, -0.15) is 11.8 Å². The molecule has 2 aromatic rings. The van der Waals surface area contributed by atoms with Gasteiger partial charge in [0, 0.05) is 41.5 Å². The number of benzene rings is 2. The molecule has 5 nitrogen and oxygen atoms in total. The van der Waals surface area contributed by atoms with Gasteiger partial charge in [-0.25, -0.2) is 0 Å². The Morgan fingerprint density at radius 1 is 1.08 bits per heavy atom. The van der Waals surface area contributed by atoms with Gasteiger partial charge in [0.15, 0.2) is 0 Å². The van der Waals surface area contributed by atoms with Gasteiger partial charge >= 0.3 is 0 Å². The molecule has 1 aliphatic rings. The van der Waals surface area contributed by atoms with E-state index in [4.69, 9.17) is 5.73 Å². The van der Waals surface area contributed by atoms with Crippen molar-refractivity contribution in [1.29, 1.82) is 0 Å². The third-order valence-corrected chi connectivity index (χ3v) is 5.02. The second-order valence-corrected chi connectivity index (χ2v) is 7.17. The van der Waals surface area contributed by atoms with E-state index in [0.717, 1.165) is 30.2 Å². The second kappa shape index (κ2) is 8.07. The number of carbonyl (C=O) groups excluding carboxylic acids is 2. The van der Waals surface area contributed by atoms with Gasteiger partial charge in [-0.15, -0.1) is 0 Å². The van der Waals surface area contributed by atoms with E-state index >= 15 is 0 Å². The van der Waals surface area contributed by atoms with Crippen LogP contribution in [0.15, 0.2) is 48.5 Å². The summed E-state index contributed by atoms with van der Waals surface area (Å²) in [5.41, 5.74) is 8.41. The summed E-state index contributed by atoms with van der Waals surface area (Å²) < 4.78 is 0. The topological polar surface area (TPSA) is 75.4 Å². The minimum atomic E-state index is -0.207. The van der Waals surface area contributed by atoms with Crippen molar-refractivity contribution in [3.05, 3.63) is 59.7 Å². The van der Waals surface area contributed by atoms with Gasteiger partial charge in [-0.05, 0) is 35.9 Å². The maximum atomic E-state index is 12.3. The summed E-state index contributed by atoms with van der Waals surface area (Å²) >= 11 is 1.89. The Morgan fingerprint density at radius 2 is 1.80 bits per heavy atom. The highest BCUT2D eigenvalue weighted by Gasteiger charge is 2.16. The van der Waals surface area contributed by atoms with Crippen LogP contribution in [-0.4, -0.2) is 41.3 Å². The number of nitrogens with two attached hydrogens (primary N) is 1. The molecular formula is C19H21N3O2S. The summed E-state index contributed by atoms with van der Waals surface area (Å²) in [5.74, 6) is 1.99. The van der Waals surface area contributed by atoms with Gasteiger partial charge in [0.25, 0.3) is 5.91 Å². The molecule has 0 radical (unpaired) electrons. The van der Waals surface area contributed by atoms with Crippen molar-refractivity contribution in [2.24, 2.45) is 0 Å². The molecule has 0 aliphatic carbocycles. The Labute approximate surface area is 151 Å². The largest absolute Gasteiger partial charge is 0.399 e. The van der Waals surface area contributed by atoms with Crippen LogP contribution in [0, 0.1) is 0 Å². The smallest absolute Gasteiger partial charge is 0.255 e. The normalized spacial score (nSPS) is 14.2. The van der Waals surface area contributed by atoms with Crippen LogP contribution in [0.3, 0.4) is 0 Å². The summed E-state index contributed by atoms with van der Waals surface area (Å²) in [6, 6.07) is 14.2. The Balaban J connectivity index is 1.58. The number of nitrogens with one attached hydrogen (secondary N) is 1. The van der Waals surface area contributed by atoms with E-state index in [1.807, 2.05) is 40.9 Å². The summed E-state index contributed by atoms with van der Waals surface area (Å²) in [7, 11) is 0. The molecule has 1 heterocycles. The number of amides is 2. The van der Waals surface area contributed by atoms with Crippen LogP contribution < -0.4 is 11.1 Å². The van der Waals surface area contributed by atoms with Gasteiger partial charge in [0.05, 0.1) is 6.42 Å². The molecule has 0 bridgehead atoms. The number of hydrogen-bond donors (Lipinski definition) is 2. The van der Waals surface area contributed by atoms with Gasteiger partial charge in [0.1, 0.15) is 0 Å². The lowest BCUT2D eigenvalue weighted by atomic mass is 10.1. The highest BCUT2D eigenvalue weighted by molar-refractivity contribution is 7.99. The molecule has 25 heavy (non-hydrogen) atoms. The van der Waals surface area contributed by atoms with Crippen molar-refractivity contribution in [3.8, 4) is 0 Å². The molecule has 2 aromatic carbocycles. The molecular weight excluding hydrogens is 334 g/mol. The highest BCUT2D eigenvalue weighted by atomic mass is 32.2. The fourth-order valence-corrected chi connectivity index (χ4v) is 3.59. The van der Waals surface area contributed by atoms with Crippen molar-refractivity contribution >= 4 is 35.0 Å². The van der Waals surface area contributed by atoms with Crippen LogP contribution in [0.4, 0.5) is 11.4 Å². The summed E-state index contributed by atoms with van der Waals surface area (Å²) in [5, 5.41) is 2.84. The van der Waals surface area contributed by atoms with Crippen LogP contribution in [0.5, 0.6) is 0 Å². The predicted octanol–water partition coefficient (Wildman–Crippen LogP) is 2.64. The van der Waals surface area contributed by atoms with Crippen molar-refractivity contribution in [2.75, 3.05) is 35.6 Å². The zero-order valence-electron chi connectivity index (χ0n) is 13.9. The van der Waals surface area contributed by atoms with Crippen molar-refractivity contribution in [2.45, 2.75) is 6.42 Å². The average Bonchev–Trinajstić information content (AvgIpc) is 2.64. The molecule has 3 N–H and O–H groups in total. The molecule has 130 valence electrons. The van der Waals surface area contributed by atoms with E-state index in [1.54, 1.807) is 24.3 Å². The quantitative estimate of drug-likeness (QED) is 0.827. The SMILES string of the molecule is Nc1cccc(C(=O)Nc2ccc(CC(=O)N3CCSCC3)cc2)c1. The number of nitrogen functional groups attached to an aromatic ring is 1. The van der Waals surface area contributed by atoms with E-state index in [1.165, 1.54) is 0 Å². The van der Waals surface area contributed by atoms with Crippen LogP contribution in [-0.2, 0) is 11.2 Å². The zero-order chi connectivity index (χ0) is 17.6. The third-order valence-electron chi connectivity index (χ3n) is 4.08. The van der Waals surface area contributed by atoms with Gasteiger partial charge in [-0.1, -0.05) is 18.2 Å². The lowest BCUT2D eigenvalue weighted by Gasteiger charge is -2.26. The van der Waals surface area contributed by atoms with Gasteiger partial charge in [0.2, 0.25) is 5.91 Å². The number of rotatable bonds is 4. The number of anilines is 2. The summed E-state index contributed by atoms with van der Waals surface area (Å²) in [4.78, 5) is 26.4. The Kier molecular flexibility index (Phi) is 5.60. The van der Waals surface area contributed by atoms with Crippen molar-refractivity contribution in [3.63, 3.8) is 0 Å². The molecule has 3 rings (SSSR count). The van der Waals surface area contributed by atoms with Crippen molar-refractivity contribution < 1.29 is 9.59 Å². The lowest BCUT2D eigenvalue weighted by Crippen LogP contribution is -2.38. The van der Waals surface area contributed by atoms with E-state index in [2.05, 4.69) is 5.32 Å². The van der Waals surface area contributed by atoms with Gasteiger partial charge in [-0.3, -0.25) is 9.59 Å². The van der Waals surface area contributed by atoms with E-state index in [-0.39, 0.29) is 11.8 Å². The molecule has 0 saturated carbocycles. The molecule has 0 aromatic heterocycles. The summed E-state index contributed by atoms with van der Waals surface area (Å²) in [6.07, 6.45) is 0.397. The number of nitrogens with zero attached hydrogens (tertiary/aromatic N) is 1. The second-order valence-electron chi connectivity index (χ2n) is 5.95. The molecule has 0 atom stereocenters. The molecule has 2 amide bonds. The third kappa shape index (κ3) is 4.76. The Morgan fingerprint density at radius 3 is 2.48 bits per heavy atom. The fourth-order valence-electron chi connectivity index (χ4n) is 2.69. The van der Waals surface area contributed by atoms with E-state index in [0.29, 0.717) is 23.4 Å². The predicted molar refractivity (Wildman–Crippen MR) is 103 cm³/mol. The molecule has 0 spiro atoms. The highest BCUT2D eigenvalue weighted by Crippen LogP contribution is 2.15.